The molecule has 2 amide bonds. The summed E-state index contributed by atoms with van der Waals surface area (Å²) < 4.78 is 5.37. The van der Waals surface area contributed by atoms with Gasteiger partial charge in [-0.2, -0.15) is 0 Å². The van der Waals surface area contributed by atoms with Crippen LogP contribution in [-0.2, 0) is 14.3 Å². The van der Waals surface area contributed by atoms with Crippen LogP contribution < -0.4 is 10.6 Å². The van der Waals surface area contributed by atoms with Gasteiger partial charge in [0.25, 0.3) is 5.91 Å². The first-order valence-electron chi connectivity index (χ1n) is 6.54. The Hall–Kier alpha value is -2.38. The molecule has 6 nitrogen and oxygen atoms in total. The number of ether oxygens (including phenoxy) is 1. The molecule has 0 aliphatic rings. The van der Waals surface area contributed by atoms with Crippen molar-refractivity contribution in [1.29, 1.82) is 0 Å². The highest BCUT2D eigenvalue weighted by molar-refractivity contribution is 7.17. The van der Waals surface area contributed by atoms with E-state index < -0.39 is 18.5 Å². The summed E-state index contributed by atoms with van der Waals surface area (Å²) in [7, 11) is 0. The lowest BCUT2D eigenvalue weighted by atomic mass is 10.2. The molecule has 2 aromatic rings. The van der Waals surface area contributed by atoms with Crippen LogP contribution in [0.15, 0.2) is 36.4 Å². The molecule has 2 N–H and O–H groups in total. The Kier molecular flexibility index (Phi) is 5.72. The molecule has 0 bridgehead atoms. The van der Waals surface area contributed by atoms with Gasteiger partial charge >= 0.3 is 5.97 Å². The molecule has 0 radical (unpaired) electrons. The molecule has 0 aliphatic heterocycles. The van der Waals surface area contributed by atoms with Gasteiger partial charge in [0.15, 0.2) is 6.61 Å². The summed E-state index contributed by atoms with van der Waals surface area (Å²) in [6, 6.07) is 9.74. The van der Waals surface area contributed by atoms with E-state index in [9.17, 15) is 14.4 Å². The van der Waals surface area contributed by atoms with Crippen LogP contribution in [-0.4, -0.2) is 24.4 Å². The number of carbonyl (C=O) groups is 3. The molecular formula is C15H13ClN2O4S. The molecule has 0 spiro atoms. The van der Waals surface area contributed by atoms with Crippen molar-refractivity contribution in [3.63, 3.8) is 0 Å². The van der Waals surface area contributed by atoms with Crippen molar-refractivity contribution in [2.75, 3.05) is 17.2 Å². The number of nitrogens with one attached hydrogen (secondary N) is 2. The van der Waals surface area contributed by atoms with Crippen molar-refractivity contribution in [3.05, 3.63) is 45.6 Å². The molecule has 23 heavy (non-hydrogen) atoms. The third kappa shape index (κ3) is 5.39. The van der Waals surface area contributed by atoms with Crippen LogP contribution >= 0.6 is 22.9 Å². The van der Waals surface area contributed by atoms with Crippen LogP contribution in [0.4, 0.5) is 11.4 Å². The first-order chi connectivity index (χ1) is 10.9. The highest BCUT2D eigenvalue weighted by atomic mass is 35.5. The number of esters is 1. The first kappa shape index (κ1) is 17.0. The third-order valence-electron chi connectivity index (χ3n) is 2.58. The molecule has 2 rings (SSSR count). The smallest absolute Gasteiger partial charge is 0.348 e. The Balaban J connectivity index is 1.87. The van der Waals surface area contributed by atoms with Crippen molar-refractivity contribution in [1.82, 2.24) is 0 Å². The lowest BCUT2D eigenvalue weighted by molar-refractivity contribution is -0.119. The van der Waals surface area contributed by atoms with Gasteiger partial charge in [-0.3, -0.25) is 9.59 Å². The minimum Gasteiger partial charge on any atom is -0.451 e. The van der Waals surface area contributed by atoms with E-state index in [1.807, 2.05) is 0 Å². The van der Waals surface area contributed by atoms with Gasteiger partial charge in [-0.15, -0.1) is 11.3 Å². The summed E-state index contributed by atoms with van der Waals surface area (Å²) in [4.78, 5) is 34.8. The SMILES string of the molecule is CC(=O)Nc1cccc(NC(=O)COC(=O)c2ccc(Cl)s2)c1. The monoisotopic (exact) mass is 352 g/mol. The van der Waals surface area contributed by atoms with Crippen LogP contribution in [0, 0.1) is 0 Å². The molecule has 0 fully saturated rings. The van der Waals surface area contributed by atoms with Crippen molar-refractivity contribution < 1.29 is 19.1 Å². The average molecular weight is 353 g/mol. The van der Waals surface area contributed by atoms with Gasteiger partial charge in [0.1, 0.15) is 4.88 Å². The molecule has 0 atom stereocenters. The van der Waals surface area contributed by atoms with E-state index in [1.165, 1.54) is 13.0 Å². The van der Waals surface area contributed by atoms with Gasteiger partial charge in [0.05, 0.1) is 4.34 Å². The molecule has 0 saturated heterocycles. The number of anilines is 2. The van der Waals surface area contributed by atoms with E-state index in [0.29, 0.717) is 20.6 Å². The highest BCUT2D eigenvalue weighted by Gasteiger charge is 2.12. The van der Waals surface area contributed by atoms with Gasteiger partial charge in [-0.05, 0) is 30.3 Å². The predicted octanol–water partition coefficient (Wildman–Crippen LogP) is 3.16. The number of amides is 2. The number of hydrogen-bond donors (Lipinski definition) is 2. The lowest BCUT2D eigenvalue weighted by Gasteiger charge is -2.08. The van der Waals surface area contributed by atoms with E-state index >= 15 is 0 Å². The van der Waals surface area contributed by atoms with Crippen LogP contribution in [0.25, 0.3) is 0 Å². The van der Waals surface area contributed by atoms with E-state index in [0.717, 1.165) is 11.3 Å². The topological polar surface area (TPSA) is 84.5 Å². The summed E-state index contributed by atoms with van der Waals surface area (Å²) >= 11 is 6.80. The second kappa shape index (κ2) is 7.75. The lowest BCUT2D eigenvalue weighted by Crippen LogP contribution is -2.20. The second-order valence-electron chi connectivity index (χ2n) is 4.49. The summed E-state index contributed by atoms with van der Waals surface area (Å²) in [5.41, 5.74) is 1.04. The van der Waals surface area contributed by atoms with Crippen molar-refractivity contribution >= 4 is 52.1 Å². The van der Waals surface area contributed by atoms with E-state index in [1.54, 1.807) is 30.3 Å². The minimum atomic E-state index is -0.607. The minimum absolute atomic E-state index is 0.211. The van der Waals surface area contributed by atoms with Gasteiger partial charge in [-0.1, -0.05) is 17.7 Å². The average Bonchev–Trinajstić information content (AvgIpc) is 2.91. The molecule has 0 saturated carbocycles. The molecule has 1 heterocycles. The summed E-state index contributed by atoms with van der Waals surface area (Å²) in [5, 5.41) is 5.18. The molecule has 0 unspecified atom stereocenters. The van der Waals surface area contributed by atoms with Gasteiger partial charge in [0, 0.05) is 18.3 Å². The van der Waals surface area contributed by atoms with Crippen LogP contribution in [0.2, 0.25) is 4.34 Å². The first-order valence-corrected chi connectivity index (χ1v) is 7.73. The number of hydrogen-bond acceptors (Lipinski definition) is 5. The summed E-state index contributed by atoms with van der Waals surface area (Å²) in [6.07, 6.45) is 0. The van der Waals surface area contributed by atoms with Crippen LogP contribution in [0.1, 0.15) is 16.6 Å². The van der Waals surface area contributed by atoms with Gasteiger partial charge in [0.2, 0.25) is 5.91 Å². The molecule has 8 heteroatoms. The maximum Gasteiger partial charge on any atom is 0.348 e. The Labute approximate surface area is 141 Å². The Morgan fingerprint density at radius 1 is 1.13 bits per heavy atom. The number of thiophene rings is 1. The number of halogens is 1. The van der Waals surface area contributed by atoms with Gasteiger partial charge in [-0.25, -0.2) is 4.79 Å². The summed E-state index contributed by atoms with van der Waals surface area (Å²) in [6.45, 7) is 0.972. The fourth-order valence-corrected chi connectivity index (χ4v) is 2.64. The molecular weight excluding hydrogens is 340 g/mol. The second-order valence-corrected chi connectivity index (χ2v) is 6.21. The molecule has 1 aromatic carbocycles. The Bertz CT molecular complexity index is 745. The van der Waals surface area contributed by atoms with E-state index in [-0.39, 0.29) is 5.91 Å². The zero-order chi connectivity index (χ0) is 16.8. The van der Waals surface area contributed by atoms with Crippen LogP contribution in [0.3, 0.4) is 0 Å². The Morgan fingerprint density at radius 3 is 2.43 bits per heavy atom. The van der Waals surface area contributed by atoms with E-state index in [4.69, 9.17) is 16.3 Å². The highest BCUT2D eigenvalue weighted by Crippen LogP contribution is 2.22. The molecule has 120 valence electrons. The summed E-state index contributed by atoms with van der Waals surface area (Å²) in [5.74, 6) is -1.30. The maximum absolute atomic E-state index is 11.8. The predicted molar refractivity (Wildman–Crippen MR) is 89.0 cm³/mol. The normalized spacial score (nSPS) is 10.0. The van der Waals surface area contributed by atoms with Crippen molar-refractivity contribution in [2.24, 2.45) is 0 Å². The third-order valence-corrected chi connectivity index (χ3v) is 3.79. The number of carbonyl (C=O) groups excluding carboxylic acids is 3. The maximum atomic E-state index is 11.8. The van der Waals surface area contributed by atoms with Crippen LogP contribution in [0.5, 0.6) is 0 Å². The molecule has 1 aromatic heterocycles. The van der Waals surface area contributed by atoms with Gasteiger partial charge < -0.3 is 15.4 Å². The zero-order valence-electron chi connectivity index (χ0n) is 12.1. The number of rotatable bonds is 5. The fraction of sp³-hybridized carbons (Fsp3) is 0.133. The zero-order valence-corrected chi connectivity index (χ0v) is 13.7. The quantitative estimate of drug-likeness (QED) is 0.809. The standard InChI is InChI=1S/C15H13ClN2O4S/c1-9(19)17-10-3-2-4-11(7-10)18-14(20)8-22-15(21)12-5-6-13(16)23-12/h2-7H,8H2,1H3,(H,17,19)(H,18,20). The number of benzene rings is 1. The van der Waals surface area contributed by atoms with E-state index in [2.05, 4.69) is 10.6 Å². The fourth-order valence-electron chi connectivity index (χ4n) is 1.70. The largest absolute Gasteiger partial charge is 0.451 e. The van der Waals surface area contributed by atoms with Crippen molar-refractivity contribution in [3.8, 4) is 0 Å². The molecule has 0 aliphatic carbocycles. The Morgan fingerprint density at radius 2 is 1.83 bits per heavy atom. The van der Waals surface area contributed by atoms with Crippen molar-refractivity contribution in [2.45, 2.75) is 6.92 Å².